The molecule has 0 fully saturated rings. The van der Waals surface area contributed by atoms with Gasteiger partial charge in [0.1, 0.15) is 0 Å². The van der Waals surface area contributed by atoms with E-state index in [9.17, 15) is 4.79 Å². The molecule has 0 aliphatic rings. The van der Waals surface area contributed by atoms with Gasteiger partial charge in [-0.25, -0.2) is 4.79 Å². The standard InChI is InChI=1S/C32H67P.C7H6O2/c1-5-9-13-17-18-19-20-21-22-24-28-31(27-23-14-10-6-2)32(33,29-25-15-11-7-3)30-26-16-12-8-4;8-7(9)6-4-2-1-3-5-6/h31H,5-30,33H2,1-4H3;1-5H,(H,8,9). The Morgan fingerprint density at radius 1 is 0.571 bits per heavy atom. The predicted molar refractivity (Wildman–Crippen MR) is 192 cm³/mol. The first kappa shape index (κ1) is 41.1. The topological polar surface area (TPSA) is 37.3 Å². The number of benzene rings is 1. The van der Waals surface area contributed by atoms with Gasteiger partial charge in [0.25, 0.3) is 0 Å². The minimum Gasteiger partial charge on any atom is -0.478 e. The summed E-state index contributed by atoms with van der Waals surface area (Å²) in [5.74, 6) is 0.0623. The van der Waals surface area contributed by atoms with Gasteiger partial charge in [0.15, 0.2) is 0 Å². The summed E-state index contributed by atoms with van der Waals surface area (Å²) in [6.07, 6.45) is 37.6. The zero-order valence-electron chi connectivity index (χ0n) is 28.8. The molecule has 0 spiro atoms. The number of carboxylic acid groups (broad SMARTS) is 1. The first-order valence-electron chi connectivity index (χ1n) is 18.5. The third-order valence-corrected chi connectivity index (χ3v) is 10.2. The minimum atomic E-state index is -0.879. The second-order valence-corrected chi connectivity index (χ2v) is 14.2. The molecule has 1 aromatic carbocycles. The lowest BCUT2D eigenvalue weighted by Crippen LogP contribution is -2.32. The number of hydrogen-bond donors (Lipinski definition) is 1. The van der Waals surface area contributed by atoms with Gasteiger partial charge in [-0.05, 0) is 48.9 Å². The van der Waals surface area contributed by atoms with E-state index in [1.54, 1.807) is 30.3 Å². The number of carbonyl (C=O) groups is 1. The van der Waals surface area contributed by atoms with Gasteiger partial charge in [-0.15, -0.1) is 9.24 Å². The molecule has 0 aliphatic heterocycles. The van der Waals surface area contributed by atoms with Gasteiger partial charge in [0.2, 0.25) is 0 Å². The molecule has 0 radical (unpaired) electrons. The van der Waals surface area contributed by atoms with Crippen LogP contribution in [0.1, 0.15) is 205 Å². The maximum absolute atomic E-state index is 10.2. The Labute approximate surface area is 266 Å². The summed E-state index contributed by atoms with van der Waals surface area (Å²) < 4.78 is 0. The van der Waals surface area contributed by atoms with E-state index in [1.165, 1.54) is 167 Å². The van der Waals surface area contributed by atoms with E-state index in [0.29, 0.717) is 10.7 Å². The second kappa shape index (κ2) is 30.2. The third kappa shape index (κ3) is 23.6. The van der Waals surface area contributed by atoms with Gasteiger partial charge >= 0.3 is 5.97 Å². The predicted octanol–water partition coefficient (Wildman–Crippen LogP) is 13.8. The highest BCUT2D eigenvalue weighted by Gasteiger charge is 2.32. The molecule has 246 valence electrons. The summed E-state index contributed by atoms with van der Waals surface area (Å²) in [7, 11) is 3.49. The summed E-state index contributed by atoms with van der Waals surface area (Å²) in [6.45, 7) is 9.36. The maximum atomic E-state index is 10.2. The van der Waals surface area contributed by atoms with Crippen molar-refractivity contribution in [1.82, 2.24) is 0 Å². The van der Waals surface area contributed by atoms with E-state index in [-0.39, 0.29) is 0 Å². The van der Waals surface area contributed by atoms with Crippen molar-refractivity contribution < 1.29 is 9.90 Å². The maximum Gasteiger partial charge on any atom is 0.335 e. The Bertz CT molecular complexity index is 677. The van der Waals surface area contributed by atoms with Crippen LogP contribution >= 0.6 is 9.24 Å². The highest BCUT2D eigenvalue weighted by molar-refractivity contribution is 7.19. The van der Waals surface area contributed by atoms with E-state index in [1.807, 2.05) is 0 Å². The molecule has 0 aliphatic carbocycles. The van der Waals surface area contributed by atoms with Crippen LogP contribution in [-0.2, 0) is 0 Å². The van der Waals surface area contributed by atoms with E-state index in [2.05, 4.69) is 36.9 Å². The van der Waals surface area contributed by atoms with E-state index in [4.69, 9.17) is 5.11 Å². The summed E-state index contributed by atoms with van der Waals surface area (Å²) in [6, 6.07) is 8.30. The van der Waals surface area contributed by atoms with Crippen molar-refractivity contribution in [2.75, 3.05) is 0 Å². The molecule has 3 heteroatoms. The first-order valence-corrected chi connectivity index (χ1v) is 19.1. The monoisotopic (exact) mass is 605 g/mol. The van der Waals surface area contributed by atoms with Crippen molar-refractivity contribution in [3.63, 3.8) is 0 Å². The molecule has 0 bridgehead atoms. The molecule has 1 aromatic rings. The largest absolute Gasteiger partial charge is 0.478 e. The molecular formula is C39H73O2P. The van der Waals surface area contributed by atoms with Crippen LogP contribution in [0.3, 0.4) is 0 Å². The lowest BCUT2D eigenvalue weighted by atomic mass is 9.77. The Morgan fingerprint density at radius 2 is 0.905 bits per heavy atom. The highest BCUT2D eigenvalue weighted by atomic mass is 31.0. The average molecular weight is 605 g/mol. The molecule has 42 heavy (non-hydrogen) atoms. The van der Waals surface area contributed by atoms with Crippen LogP contribution in [0.15, 0.2) is 30.3 Å². The van der Waals surface area contributed by atoms with Crippen molar-refractivity contribution in [2.24, 2.45) is 5.92 Å². The summed E-state index contributed by atoms with van der Waals surface area (Å²) >= 11 is 0. The van der Waals surface area contributed by atoms with Gasteiger partial charge in [-0.3, -0.25) is 0 Å². The third-order valence-electron chi connectivity index (χ3n) is 9.14. The molecule has 0 heterocycles. The van der Waals surface area contributed by atoms with Crippen LogP contribution < -0.4 is 0 Å². The SMILES string of the molecule is CCCCCCCCCCCCC(CCCCCC)C(P)(CCCCCC)CCCCCC.O=C(O)c1ccccc1. The average Bonchev–Trinajstić information content (AvgIpc) is 3.00. The van der Waals surface area contributed by atoms with Gasteiger partial charge in [-0.1, -0.05) is 187 Å². The Hall–Kier alpha value is -0.880. The van der Waals surface area contributed by atoms with E-state index in [0.717, 1.165) is 5.92 Å². The van der Waals surface area contributed by atoms with E-state index < -0.39 is 5.97 Å². The van der Waals surface area contributed by atoms with Gasteiger partial charge in [0.05, 0.1) is 5.56 Å². The number of aromatic carboxylic acids is 1. The van der Waals surface area contributed by atoms with Gasteiger partial charge in [-0.2, -0.15) is 0 Å². The number of carboxylic acids is 1. The fraction of sp³-hybridized carbons (Fsp3) is 0.821. The van der Waals surface area contributed by atoms with Gasteiger partial charge in [0, 0.05) is 0 Å². The lowest BCUT2D eigenvalue weighted by Gasteiger charge is -2.39. The van der Waals surface area contributed by atoms with Crippen molar-refractivity contribution in [1.29, 1.82) is 0 Å². The molecule has 2 atom stereocenters. The van der Waals surface area contributed by atoms with Crippen LogP contribution in [0.5, 0.6) is 0 Å². The number of hydrogen-bond acceptors (Lipinski definition) is 1. The van der Waals surface area contributed by atoms with Crippen molar-refractivity contribution in [3.05, 3.63) is 35.9 Å². The highest BCUT2D eigenvalue weighted by Crippen LogP contribution is 2.44. The number of unbranched alkanes of at least 4 members (excludes halogenated alkanes) is 18. The summed E-state index contributed by atoms with van der Waals surface area (Å²) in [5.41, 5.74) is 0.331. The van der Waals surface area contributed by atoms with Crippen LogP contribution in [0.25, 0.3) is 0 Å². The molecule has 0 amide bonds. The second-order valence-electron chi connectivity index (χ2n) is 13.0. The molecule has 2 nitrogen and oxygen atoms in total. The smallest absolute Gasteiger partial charge is 0.335 e. The van der Waals surface area contributed by atoms with Crippen molar-refractivity contribution >= 4 is 15.2 Å². The molecular weight excluding hydrogens is 531 g/mol. The fourth-order valence-electron chi connectivity index (χ4n) is 6.29. The molecule has 2 unspecified atom stereocenters. The Morgan fingerprint density at radius 3 is 1.26 bits per heavy atom. The van der Waals surface area contributed by atoms with Crippen LogP contribution in [0, 0.1) is 5.92 Å². The van der Waals surface area contributed by atoms with E-state index >= 15 is 0 Å². The van der Waals surface area contributed by atoms with Crippen molar-refractivity contribution in [2.45, 2.75) is 200 Å². The fourth-order valence-corrected chi connectivity index (χ4v) is 7.03. The molecule has 0 saturated heterocycles. The quantitative estimate of drug-likeness (QED) is 0.0763. The minimum absolute atomic E-state index is 0.331. The zero-order valence-corrected chi connectivity index (χ0v) is 29.9. The Kier molecular flexibility index (Phi) is 29.5. The first-order chi connectivity index (χ1) is 20.4. The zero-order chi connectivity index (χ0) is 31.2. The number of rotatable bonds is 28. The van der Waals surface area contributed by atoms with Gasteiger partial charge < -0.3 is 5.11 Å². The molecule has 1 rings (SSSR count). The van der Waals surface area contributed by atoms with Crippen LogP contribution in [0.2, 0.25) is 0 Å². The molecule has 1 N–H and O–H groups in total. The molecule has 0 aromatic heterocycles. The van der Waals surface area contributed by atoms with Crippen LogP contribution in [-0.4, -0.2) is 16.2 Å². The van der Waals surface area contributed by atoms with Crippen LogP contribution in [0.4, 0.5) is 0 Å². The van der Waals surface area contributed by atoms with Crippen molar-refractivity contribution in [3.8, 4) is 0 Å². The summed E-state index contributed by atoms with van der Waals surface area (Å²) in [5, 5.41) is 8.91. The Balaban J connectivity index is 0.00000157. The molecule has 0 saturated carbocycles. The normalized spacial score (nSPS) is 12.1. The lowest BCUT2D eigenvalue weighted by molar-refractivity contribution is 0.0697. The summed E-state index contributed by atoms with van der Waals surface area (Å²) in [4.78, 5) is 10.2.